The molecular weight excluding hydrogens is 308 g/mol. The van der Waals surface area contributed by atoms with Crippen molar-refractivity contribution in [1.82, 2.24) is 9.88 Å². The van der Waals surface area contributed by atoms with Crippen LogP contribution in [-0.2, 0) is 0 Å². The molecule has 3 nitrogen and oxygen atoms in total. The summed E-state index contributed by atoms with van der Waals surface area (Å²) in [5.74, 6) is 0.110. The zero-order chi connectivity index (χ0) is 16.4. The normalized spacial score (nSPS) is 12.7. The first-order valence-electron chi connectivity index (χ1n) is 7.61. The molecule has 0 radical (unpaired) electrons. The van der Waals surface area contributed by atoms with Crippen LogP contribution in [0.1, 0.15) is 28.9 Å². The van der Waals surface area contributed by atoms with E-state index in [2.05, 4.69) is 11.9 Å². The number of likely N-dealkylation sites (N-methyl/N-ethyl adjacent to an activating group) is 1. The zero-order valence-corrected chi connectivity index (χ0v) is 14.0. The third kappa shape index (κ3) is 3.31. The first-order valence-corrected chi connectivity index (χ1v) is 7.99. The highest BCUT2D eigenvalue weighted by molar-refractivity contribution is 6.30. The van der Waals surface area contributed by atoms with Gasteiger partial charge in [-0.05, 0) is 37.7 Å². The maximum atomic E-state index is 12.6. The highest BCUT2D eigenvalue weighted by Crippen LogP contribution is 2.23. The molecule has 1 unspecified atom stereocenters. The van der Waals surface area contributed by atoms with Crippen molar-refractivity contribution < 1.29 is 4.79 Å². The van der Waals surface area contributed by atoms with Gasteiger partial charge < -0.3 is 4.98 Å². The molecule has 0 saturated heterocycles. The fraction of sp³-hybridized carbons (Fsp3) is 0.211. The Morgan fingerprint density at radius 1 is 1.22 bits per heavy atom. The van der Waals surface area contributed by atoms with Gasteiger partial charge in [0, 0.05) is 33.7 Å². The van der Waals surface area contributed by atoms with E-state index in [4.69, 9.17) is 11.6 Å². The minimum Gasteiger partial charge on any atom is -0.360 e. The molecule has 0 saturated carbocycles. The number of hydrogen-bond donors (Lipinski definition) is 1. The topological polar surface area (TPSA) is 36.1 Å². The van der Waals surface area contributed by atoms with Gasteiger partial charge in [0.1, 0.15) is 0 Å². The van der Waals surface area contributed by atoms with Crippen molar-refractivity contribution in [2.45, 2.75) is 13.0 Å². The smallest absolute Gasteiger partial charge is 0.178 e. The molecule has 0 aliphatic rings. The second-order valence-electron chi connectivity index (χ2n) is 5.82. The maximum absolute atomic E-state index is 12.6. The number of carbonyl (C=O) groups is 1. The number of benzene rings is 2. The summed E-state index contributed by atoms with van der Waals surface area (Å²) in [4.78, 5) is 17.8. The third-order valence-corrected chi connectivity index (χ3v) is 4.51. The summed E-state index contributed by atoms with van der Waals surface area (Å²) in [6, 6.07) is 15.7. The lowest BCUT2D eigenvalue weighted by atomic mass is 10.1. The van der Waals surface area contributed by atoms with Crippen molar-refractivity contribution in [2.75, 3.05) is 13.6 Å². The predicted molar refractivity (Wildman–Crippen MR) is 95.1 cm³/mol. The largest absolute Gasteiger partial charge is 0.360 e. The van der Waals surface area contributed by atoms with E-state index in [0.29, 0.717) is 11.6 Å². The van der Waals surface area contributed by atoms with E-state index >= 15 is 0 Å². The summed E-state index contributed by atoms with van der Waals surface area (Å²) in [5, 5.41) is 1.69. The number of rotatable bonds is 5. The van der Waals surface area contributed by atoms with Gasteiger partial charge in [-0.3, -0.25) is 9.69 Å². The van der Waals surface area contributed by atoms with Crippen molar-refractivity contribution in [3.63, 3.8) is 0 Å². The fourth-order valence-corrected chi connectivity index (χ4v) is 2.97. The quantitative estimate of drug-likeness (QED) is 0.690. The fourth-order valence-electron chi connectivity index (χ4n) is 2.77. The number of hydrogen-bond acceptors (Lipinski definition) is 2. The van der Waals surface area contributed by atoms with E-state index in [1.165, 1.54) is 0 Å². The molecule has 4 heteroatoms. The average molecular weight is 327 g/mol. The number of nitrogens with one attached hydrogen (secondary N) is 1. The van der Waals surface area contributed by atoms with Gasteiger partial charge in [0.25, 0.3) is 0 Å². The maximum Gasteiger partial charge on any atom is 0.178 e. The van der Waals surface area contributed by atoms with E-state index in [-0.39, 0.29) is 11.8 Å². The molecule has 1 aromatic heterocycles. The SMILES string of the molecule is CC(c1cccc(Cl)c1)N(C)CC(=O)c1c[nH]c2ccccc12. The second-order valence-corrected chi connectivity index (χ2v) is 6.25. The van der Waals surface area contributed by atoms with Crippen LogP contribution >= 0.6 is 11.6 Å². The van der Waals surface area contributed by atoms with Crippen molar-refractivity contribution in [3.05, 3.63) is 70.9 Å². The van der Waals surface area contributed by atoms with Crippen molar-refractivity contribution in [1.29, 1.82) is 0 Å². The first kappa shape index (κ1) is 15.8. The Balaban J connectivity index is 1.77. The molecular formula is C19H19ClN2O. The highest BCUT2D eigenvalue weighted by atomic mass is 35.5. The number of fused-ring (bicyclic) bond motifs is 1. The van der Waals surface area contributed by atoms with Gasteiger partial charge in [-0.15, -0.1) is 0 Å². The van der Waals surface area contributed by atoms with Crippen LogP contribution in [0.5, 0.6) is 0 Å². The van der Waals surface area contributed by atoms with Gasteiger partial charge in [-0.2, -0.15) is 0 Å². The molecule has 1 N–H and O–H groups in total. The summed E-state index contributed by atoms with van der Waals surface area (Å²) >= 11 is 6.06. The molecule has 0 amide bonds. The number of ketones is 1. The molecule has 0 bridgehead atoms. The number of halogens is 1. The standard InChI is InChI=1S/C19H19ClN2O/c1-13(14-6-5-7-15(20)10-14)22(2)12-19(23)17-11-21-18-9-4-3-8-16(17)18/h3-11,13,21H,12H2,1-2H3. The van der Waals surface area contributed by atoms with Crippen LogP contribution in [0, 0.1) is 0 Å². The van der Waals surface area contributed by atoms with Crippen LogP contribution in [0.25, 0.3) is 10.9 Å². The monoisotopic (exact) mass is 326 g/mol. The van der Waals surface area contributed by atoms with Gasteiger partial charge in [-0.25, -0.2) is 0 Å². The number of carbonyl (C=O) groups excluding carboxylic acids is 1. The van der Waals surface area contributed by atoms with Crippen LogP contribution in [-0.4, -0.2) is 29.3 Å². The summed E-state index contributed by atoms with van der Waals surface area (Å²) in [7, 11) is 1.96. The summed E-state index contributed by atoms with van der Waals surface area (Å²) in [6.07, 6.45) is 1.80. The van der Waals surface area contributed by atoms with Crippen LogP contribution < -0.4 is 0 Å². The molecule has 0 aliphatic carbocycles. The number of Topliss-reactive ketones (excluding diaryl/α,β-unsaturated/α-hetero) is 1. The molecule has 3 rings (SSSR count). The number of nitrogens with zero attached hydrogens (tertiary/aromatic N) is 1. The summed E-state index contributed by atoms with van der Waals surface area (Å²) < 4.78 is 0. The van der Waals surface area contributed by atoms with E-state index in [1.54, 1.807) is 6.20 Å². The number of aromatic amines is 1. The summed E-state index contributed by atoms with van der Waals surface area (Å²) in [6.45, 7) is 2.43. The van der Waals surface area contributed by atoms with E-state index in [0.717, 1.165) is 22.0 Å². The van der Waals surface area contributed by atoms with Crippen molar-refractivity contribution >= 4 is 28.3 Å². The Labute approximate surface area is 140 Å². The molecule has 23 heavy (non-hydrogen) atoms. The molecule has 1 atom stereocenters. The van der Waals surface area contributed by atoms with Gasteiger partial charge in [0.2, 0.25) is 0 Å². The van der Waals surface area contributed by atoms with Crippen LogP contribution in [0.3, 0.4) is 0 Å². The van der Waals surface area contributed by atoms with E-state index < -0.39 is 0 Å². The molecule has 2 aromatic carbocycles. The highest BCUT2D eigenvalue weighted by Gasteiger charge is 2.18. The lowest BCUT2D eigenvalue weighted by molar-refractivity contribution is 0.0926. The number of para-hydroxylation sites is 1. The Morgan fingerprint density at radius 2 is 2.00 bits per heavy atom. The van der Waals surface area contributed by atoms with Gasteiger partial charge >= 0.3 is 0 Å². The second kappa shape index (κ2) is 6.57. The molecule has 0 aliphatic heterocycles. The summed E-state index contributed by atoms with van der Waals surface area (Å²) in [5.41, 5.74) is 2.83. The minimum atomic E-state index is 0.110. The lowest BCUT2D eigenvalue weighted by Gasteiger charge is -2.24. The number of H-pyrrole nitrogens is 1. The van der Waals surface area contributed by atoms with Crippen LogP contribution in [0.15, 0.2) is 54.7 Å². The van der Waals surface area contributed by atoms with Crippen molar-refractivity contribution in [2.24, 2.45) is 0 Å². The number of aromatic nitrogens is 1. The van der Waals surface area contributed by atoms with Crippen molar-refractivity contribution in [3.8, 4) is 0 Å². The zero-order valence-electron chi connectivity index (χ0n) is 13.2. The Kier molecular flexibility index (Phi) is 4.51. The van der Waals surface area contributed by atoms with Crippen LogP contribution in [0.2, 0.25) is 5.02 Å². The lowest BCUT2D eigenvalue weighted by Crippen LogP contribution is -2.28. The van der Waals surface area contributed by atoms with Gasteiger partial charge in [0.15, 0.2) is 5.78 Å². The third-order valence-electron chi connectivity index (χ3n) is 4.27. The molecule has 0 fully saturated rings. The minimum absolute atomic E-state index is 0.110. The van der Waals surface area contributed by atoms with Gasteiger partial charge in [0.05, 0.1) is 6.54 Å². The molecule has 0 spiro atoms. The average Bonchev–Trinajstić information content (AvgIpc) is 2.98. The Hall–Kier alpha value is -2.10. The molecule has 1 heterocycles. The Morgan fingerprint density at radius 3 is 2.78 bits per heavy atom. The van der Waals surface area contributed by atoms with Crippen LogP contribution in [0.4, 0.5) is 0 Å². The molecule has 3 aromatic rings. The van der Waals surface area contributed by atoms with Gasteiger partial charge in [-0.1, -0.05) is 41.9 Å². The first-order chi connectivity index (χ1) is 11.1. The molecule has 118 valence electrons. The van der Waals surface area contributed by atoms with E-state index in [1.807, 2.05) is 60.5 Å². The Bertz CT molecular complexity index is 840. The predicted octanol–water partition coefficient (Wildman–Crippen LogP) is 4.70. The van der Waals surface area contributed by atoms with E-state index in [9.17, 15) is 4.79 Å².